The molecule has 0 unspecified atom stereocenters. The van der Waals surface area contributed by atoms with Crippen molar-refractivity contribution in [3.05, 3.63) is 23.2 Å². The Bertz CT molecular complexity index is 693. The summed E-state index contributed by atoms with van der Waals surface area (Å²) in [5.74, 6) is 0.0947. The van der Waals surface area contributed by atoms with Gasteiger partial charge in [-0.15, -0.1) is 0 Å². The maximum atomic E-state index is 12.3. The molecule has 2 rings (SSSR count). The second-order valence-electron chi connectivity index (χ2n) is 5.66. The molecule has 0 aliphatic carbocycles. The van der Waals surface area contributed by atoms with Gasteiger partial charge in [0.05, 0.1) is 11.9 Å². The predicted octanol–water partition coefficient (Wildman–Crippen LogP) is 2.17. The molecule has 0 fully saturated rings. The van der Waals surface area contributed by atoms with Crippen molar-refractivity contribution in [1.29, 1.82) is 0 Å². The van der Waals surface area contributed by atoms with Gasteiger partial charge in [-0.1, -0.05) is 18.5 Å². The van der Waals surface area contributed by atoms with Gasteiger partial charge in [-0.25, -0.2) is 8.42 Å². The Morgan fingerprint density at radius 1 is 1.52 bits per heavy atom. The number of rotatable bonds is 4. The van der Waals surface area contributed by atoms with Crippen molar-refractivity contribution in [1.82, 2.24) is 5.32 Å². The largest absolute Gasteiger partial charge is 0.478 e. The zero-order chi connectivity index (χ0) is 17.2. The number of benzene rings is 1. The van der Waals surface area contributed by atoms with Crippen molar-refractivity contribution in [3.8, 4) is 5.75 Å². The van der Waals surface area contributed by atoms with Crippen LogP contribution in [-0.2, 0) is 14.8 Å². The topological polar surface area (TPSA) is 75.7 Å². The average Bonchev–Trinajstić information content (AvgIpc) is 2.65. The van der Waals surface area contributed by atoms with Gasteiger partial charge in [0.25, 0.3) is 5.91 Å². The van der Waals surface area contributed by atoms with Crippen LogP contribution in [0.4, 0.5) is 5.69 Å². The van der Waals surface area contributed by atoms with E-state index in [1.54, 1.807) is 12.1 Å². The number of sulfonamides is 1. The van der Waals surface area contributed by atoms with E-state index in [0.29, 0.717) is 16.5 Å². The van der Waals surface area contributed by atoms with Crippen molar-refractivity contribution in [2.24, 2.45) is 0 Å². The molecule has 128 valence electrons. The fourth-order valence-electron chi connectivity index (χ4n) is 2.32. The van der Waals surface area contributed by atoms with Crippen LogP contribution in [0.15, 0.2) is 18.2 Å². The molecule has 1 heterocycles. The Kier molecular flexibility index (Phi) is 5.41. The lowest BCUT2D eigenvalue weighted by Gasteiger charge is -2.21. The van der Waals surface area contributed by atoms with Gasteiger partial charge >= 0.3 is 0 Å². The summed E-state index contributed by atoms with van der Waals surface area (Å²) in [6, 6.07) is 4.76. The number of anilines is 1. The van der Waals surface area contributed by atoms with E-state index in [0.717, 1.165) is 12.7 Å². The molecule has 1 aliphatic rings. The fourth-order valence-corrected chi connectivity index (χ4v) is 3.42. The molecular weight excluding hydrogens is 340 g/mol. The predicted molar refractivity (Wildman–Crippen MR) is 90.6 cm³/mol. The average molecular weight is 361 g/mol. The zero-order valence-corrected chi connectivity index (χ0v) is 14.9. The van der Waals surface area contributed by atoms with Crippen LogP contribution in [-0.4, -0.2) is 39.3 Å². The number of fused-ring (bicyclic) bond motifs is 1. The van der Waals surface area contributed by atoms with E-state index < -0.39 is 16.1 Å². The maximum Gasteiger partial charge on any atom is 0.261 e. The Hall–Kier alpha value is -1.47. The molecule has 0 saturated carbocycles. The molecule has 0 aromatic heterocycles. The van der Waals surface area contributed by atoms with Gasteiger partial charge in [0.15, 0.2) is 6.10 Å². The van der Waals surface area contributed by atoms with Crippen molar-refractivity contribution in [3.63, 3.8) is 0 Å². The Labute approximate surface area is 141 Å². The van der Waals surface area contributed by atoms with Crippen LogP contribution < -0.4 is 14.4 Å². The van der Waals surface area contributed by atoms with Gasteiger partial charge in [0.1, 0.15) is 5.75 Å². The molecule has 1 N–H and O–H groups in total. The lowest BCUT2D eigenvalue weighted by Crippen LogP contribution is -2.43. The third-order valence-corrected chi connectivity index (χ3v) is 5.16. The quantitative estimate of drug-likeness (QED) is 0.892. The smallest absolute Gasteiger partial charge is 0.261 e. The molecule has 0 radical (unpaired) electrons. The number of nitrogens with zero attached hydrogens (tertiary/aromatic N) is 1. The highest BCUT2D eigenvalue weighted by Crippen LogP contribution is 2.36. The second-order valence-corrected chi connectivity index (χ2v) is 8.00. The van der Waals surface area contributed by atoms with Gasteiger partial charge in [0.2, 0.25) is 10.0 Å². The lowest BCUT2D eigenvalue weighted by atomic mass is 10.2. The van der Waals surface area contributed by atoms with Crippen LogP contribution in [0.5, 0.6) is 5.75 Å². The van der Waals surface area contributed by atoms with E-state index in [9.17, 15) is 13.2 Å². The van der Waals surface area contributed by atoms with Crippen molar-refractivity contribution in [2.75, 3.05) is 17.1 Å². The molecule has 2 atom stereocenters. The summed E-state index contributed by atoms with van der Waals surface area (Å²) in [4.78, 5) is 12.3. The van der Waals surface area contributed by atoms with Crippen LogP contribution in [0, 0.1) is 0 Å². The first-order chi connectivity index (χ1) is 10.7. The van der Waals surface area contributed by atoms with Crippen molar-refractivity contribution >= 4 is 33.2 Å². The molecule has 0 saturated heterocycles. The van der Waals surface area contributed by atoms with Crippen LogP contribution in [0.25, 0.3) is 0 Å². The normalized spacial score (nSPS) is 19.3. The van der Waals surface area contributed by atoms with Gasteiger partial charge < -0.3 is 10.1 Å². The van der Waals surface area contributed by atoms with E-state index in [2.05, 4.69) is 5.32 Å². The molecule has 1 aromatic carbocycles. The summed E-state index contributed by atoms with van der Waals surface area (Å²) in [6.45, 7) is 4.04. The standard InChI is InChI=1S/C15H21ClN2O4S/c1-4-10(2)17-15(19)14-7-8-18(23(3,20)21)12-9-11(16)5-6-13(12)22-14/h5-6,9-10,14H,4,7-8H2,1-3H3,(H,17,19)/t10-,14+/m1/s1. The van der Waals surface area contributed by atoms with Crippen LogP contribution in [0.3, 0.4) is 0 Å². The highest BCUT2D eigenvalue weighted by atomic mass is 35.5. The van der Waals surface area contributed by atoms with E-state index in [4.69, 9.17) is 16.3 Å². The first-order valence-electron chi connectivity index (χ1n) is 7.46. The number of amides is 1. The van der Waals surface area contributed by atoms with E-state index >= 15 is 0 Å². The van der Waals surface area contributed by atoms with Crippen molar-refractivity contribution in [2.45, 2.75) is 38.8 Å². The van der Waals surface area contributed by atoms with Gasteiger partial charge in [-0.2, -0.15) is 0 Å². The number of carbonyl (C=O) groups is 1. The molecule has 0 bridgehead atoms. The highest BCUT2D eigenvalue weighted by Gasteiger charge is 2.31. The van der Waals surface area contributed by atoms with Gasteiger partial charge in [-0.3, -0.25) is 9.10 Å². The highest BCUT2D eigenvalue weighted by molar-refractivity contribution is 7.92. The van der Waals surface area contributed by atoms with Gasteiger partial charge in [-0.05, 0) is 31.5 Å². The second kappa shape index (κ2) is 6.97. The van der Waals surface area contributed by atoms with E-state index in [1.807, 2.05) is 13.8 Å². The van der Waals surface area contributed by atoms with Crippen LogP contribution in [0.2, 0.25) is 5.02 Å². The number of halogens is 1. The SMILES string of the molecule is CC[C@@H](C)NC(=O)[C@@H]1CCN(S(C)(=O)=O)c2cc(Cl)ccc2O1. The number of ether oxygens (including phenoxy) is 1. The minimum atomic E-state index is -3.49. The number of hydrogen-bond acceptors (Lipinski definition) is 4. The van der Waals surface area contributed by atoms with Crippen LogP contribution in [0.1, 0.15) is 26.7 Å². The van der Waals surface area contributed by atoms with Gasteiger partial charge in [0, 0.05) is 24.0 Å². The summed E-state index contributed by atoms with van der Waals surface area (Å²) in [7, 11) is -3.49. The van der Waals surface area contributed by atoms with E-state index in [1.165, 1.54) is 10.4 Å². The monoisotopic (exact) mass is 360 g/mol. The minimum Gasteiger partial charge on any atom is -0.478 e. The van der Waals surface area contributed by atoms with E-state index in [-0.39, 0.29) is 24.9 Å². The molecule has 0 spiro atoms. The molecule has 1 aliphatic heterocycles. The minimum absolute atomic E-state index is 0.0325. The third-order valence-electron chi connectivity index (χ3n) is 3.75. The first kappa shape index (κ1) is 17.9. The molecule has 23 heavy (non-hydrogen) atoms. The maximum absolute atomic E-state index is 12.3. The first-order valence-corrected chi connectivity index (χ1v) is 9.69. The lowest BCUT2D eigenvalue weighted by molar-refractivity contribution is -0.128. The molecule has 1 amide bonds. The number of carbonyl (C=O) groups excluding carboxylic acids is 1. The molecule has 6 nitrogen and oxygen atoms in total. The molecule has 8 heteroatoms. The Morgan fingerprint density at radius 3 is 2.83 bits per heavy atom. The van der Waals surface area contributed by atoms with Crippen molar-refractivity contribution < 1.29 is 17.9 Å². The summed E-state index contributed by atoms with van der Waals surface area (Å²) in [6.07, 6.45) is 1.45. The molecular formula is C15H21ClN2O4S. The fraction of sp³-hybridized carbons (Fsp3) is 0.533. The summed E-state index contributed by atoms with van der Waals surface area (Å²) in [5.41, 5.74) is 0.360. The Morgan fingerprint density at radius 2 is 2.22 bits per heavy atom. The number of hydrogen-bond donors (Lipinski definition) is 1. The summed E-state index contributed by atoms with van der Waals surface area (Å²) in [5, 5.41) is 3.27. The third kappa shape index (κ3) is 4.29. The summed E-state index contributed by atoms with van der Waals surface area (Å²) < 4.78 is 31.1. The zero-order valence-electron chi connectivity index (χ0n) is 13.4. The number of nitrogens with one attached hydrogen (secondary N) is 1. The summed E-state index contributed by atoms with van der Waals surface area (Å²) >= 11 is 5.98. The van der Waals surface area contributed by atoms with Crippen LogP contribution >= 0.6 is 11.6 Å². The molecule has 1 aromatic rings. The Balaban J connectivity index is 2.33.